The van der Waals surface area contributed by atoms with E-state index in [0.29, 0.717) is 0 Å². The fourth-order valence-electron chi connectivity index (χ4n) is 0.681. The van der Waals surface area contributed by atoms with E-state index >= 15 is 0 Å². The number of rotatable bonds is 4. The molecule has 1 unspecified atom stereocenters. The molecule has 0 saturated carbocycles. The number of nitrogens with two attached hydrogens (primary N) is 1. The van der Waals surface area contributed by atoms with Crippen molar-refractivity contribution in [3.63, 3.8) is 0 Å². The van der Waals surface area contributed by atoms with Crippen LogP contribution < -0.4 is 5.73 Å². The minimum Gasteiger partial charge on any atom is -0.405 e. The van der Waals surface area contributed by atoms with Crippen LogP contribution in [0.25, 0.3) is 0 Å². The molecule has 0 fully saturated rings. The number of hydrogen-bond donors (Lipinski definition) is 1. The van der Waals surface area contributed by atoms with E-state index in [1.807, 2.05) is 6.08 Å². The molecule has 9 heavy (non-hydrogen) atoms. The molecule has 0 amide bonds. The average Bonchev–Trinajstić information content (AvgIpc) is 1.89. The molecule has 1 heteroatoms. The van der Waals surface area contributed by atoms with E-state index < -0.39 is 0 Å². The standard InChI is InChI=1S/C8H17N/c1-3-8(2)6-4-5-7-9/h5,7-8H,3-4,6,9H2,1-2H3/b7-5+. The Kier molecular flexibility index (Phi) is 5.38. The minimum absolute atomic E-state index is 0.848. The van der Waals surface area contributed by atoms with Crippen molar-refractivity contribution in [2.45, 2.75) is 33.1 Å². The third-order valence-corrected chi connectivity index (χ3v) is 1.66. The molecule has 54 valence electrons. The summed E-state index contributed by atoms with van der Waals surface area (Å²) in [5.74, 6) is 0.848. The Labute approximate surface area is 57.9 Å². The third-order valence-electron chi connectivity index (χ3n) is 1.66. The predicted molar refractivity (Wildman–Crippen MR) is 42.0 cm³/mol. The molecule has 1 nitrogen and oxygen atoms in total. The van der Waals surface area contributed by atoms with Crippen molar-refractivity contribution in [2.24, 2.45) is 11.7 Å². The van der Waals surface area contributed by atoms with Crippen molar-refractivity contribution < 1.29 is 0 Å². The van der Waals surface area contributed by atoms with E-state index in [-0.39, 0.29) is 0 Å². The summed E-state index contributed by atoms with van der Waals surface area (Å²) in [5.41, 5.74) is 5.18. The van der Waals surface area contributed by atoms with Gasteiger partial charge in [0.1, 0.15) is 0 Å². The van der Waals surface area contributed by atoms with Crippen LogP contribution in [0.3, 0.4) is 0 Å². The second-order valence-corrected chi connectivity index (χ2v) is 2.52. The highest BCUT2D eigenvalue weighted by atomic mass is 14.5. The molecule has 0 aliphatic rings. The molecule has 0 aromatic rings. The summed E-state index contributed by atoms with van der Waals surface area (Å²) in [6.07, 6.45) is 7.32. The van der Waals surface area contributed by atoms with Crippen molar-refractivity contribution in [2.75, 3.05) is 0 Å². The zero-order valence-electron chi connectivity index (χ0n) is 6.43. The van der Waals surface area contributed by atoms with E-state index in [0.717, 1.165) is 12.3 Å². The van der Waals surface area contributed by atoms with Crippen molar-refractivity contribution in [3.8, 4) is 0 Å². The lowest BCUT2D eigenvalue weighted by Gasteiger charge is -2.03. The summed E-state index contributed by atoms with van der Waals surface area (Å²) in [6, 6.07) is 0. The van der Waals surface area contributed by atoms with Crippen LogP contribution in [0.4, 0.5) is 0 Å². The Balaban J connectivity index is 3.06. The van der Waals surface area contributed by atoms with E-state index in [4.69, 9.17) is 5.73 Å². The van der Waals surface area contributed by atoms with Crippen LogP contribution >= 0.6 is 0 Å². The second kappa shape index (κ2) is 5.67. The molecule has 0 bridgehead atoms. The first-order chi connectivity index (χ1) is 4.31. The maximum absolute atomic E-state index is 5.18. The number of allylic oxidation sites excluding steroid dienone is 1. The maximum Gasteiger partial charge on any atom is -0.0103 e. The normalized spacial score (nSPS) is 14.4. The summed E-state index contributed by atoms with van der Waals surface area (Å²) >= 11 is 0. The van der Waals surface area contributed by atoms with Gasteiger partial charge in [0, 0.05) is 0 Å². The molecule has 2 N–H and O–H groups in total. The van der Waals surface area contributed by atoms with Gasteiger partial charge < -0.3 is 5.73 Å². The SMILES string of the molecule is CCC(C)CC/C=C/N. The quantitative estimate of drug-likeness (QED) is 0.616. The lowest BCUT2D eigenvalue weighted by Crippen LogP contribution is -1.90. The van der Waals surface area contributed by atoms with Gasteiger partial charge in [-0.25, -0.2) is 0 Å². The molecule has 0 spiro atoms. The molecular weight excluding hydrogens is 110 g/mol. The van der Waals surface area contributed by atoms with Gasteiger partial charge in [0.05, 0.1) is 0 Å². The van der Waals surface area contributed by atoms with Crippen LogP contribution in [0.5, 0.6) is 0 Å². The molecule has 1 atom stereocenters. The fraction of sp³-hybridized carbons (Fsp3) is 0.750. The summed E-state index contributed by atoms with van der Waals surface area (Å²) in [6.45, 7) is 4.49. The lowest BCUT2D eigenvalue weighted by molar-refractivity contribution is 0.521. The van der Waals surface area contributed by atoms with Gasteiger partial charge in [-0.1, -0.05) is 26.3 Å². The lowest BCUT2D eigenvalue weighted by atomic mass is 10.0. The summed E-state index contributed by atoms with van der Waals surface area (Å²) in [4.78, 5) is 0. The first-order valence-electron chi connectivity index (χ1n) is 3.68. The van der Waals surface area contributed by atoms with Gasteiger partial charge in [0.25, 0.3) is 0 Å². The van der Waals surface area contributed by atoms with Crippen LogP contribution in [0.1, 0.15) is 33.1 Å². The van der Waals surface area contributed by atoms with Gasteiger partial charge in [-0.2, -0.15) is 0 Å². The summed E-state index contributed by atoms with van der Waals surface area (Å²) < 4.78 is 0. The van der Waals surface area contributed by atoms with Gasteiger partial charge >= 0.3 is 0 Å². The van der Waals surface area contributed by atoms with Gasteiger partial charge in [0.2, 0.25) is 0 Å². The van der Waals surface area contributed by atoms with Gasteiger partial charge in [-0.15, -0.1) is 0 Å². The maximum atomic E-state index is 5.18. The van der Waals surface area contributed by atoms with Gasteiger partial charge in [-0.05, 0) is 25.0 Å². The Bertz CT molecular complexity index is 76.6. The molecule has 0 saturated heterocycles. The zero-order chi connectivity index (χ0) is 7.11. The molecular formula is C8H17N. The molecule has 0 aromatic carbocycles. The van der Waals surface area contributed by atoms with E-state index in [9.17, 15) is 0 Å². The van der Waals surface area contributed by atoms with Crippen LogP contribution in [-0.4, -0.2) is 0 Å². The molecule has 0 aromatic heterocycles. The number of hydrogen-bond acceptors (Lipinski definition) is 1. The van der Waals surface area contributed by atoms with Crippen molar-refractivity contribution in [1.82, 2.24) is 0 Å². The van der Waals surface area contributed by atoms with Crippen molar-refractivity contribution >= 4 is 0 Å². The van der Waals surface area contributed by atoms with Crippen LogP contribution in [0.2, 0.25) is 0 Å². The van der Waals surface area contributed by atoms with Crippen LogP contribution in [-0.2, 0) is 0 Å². The molecule has 0 aliphatic carbocycles. The zero-order valence-corrected chi connectivity index (χ0v) is 6.43. The first kappa shape index (κ1) is 8.54. The predicted octanol–water partition coefficient (Wildman–Crippen LogP) is 2.29. The molecule has 0 rings (SSSR count). The van der Waals surface area contributed by atoms with Crippen molar-refractivity contribution in [1.29, 1.82) is 0 Å². The Morgan fingerprint density at radius 1 is 1.56 bits per heavy atom. The van der Waals surface area contributed by atoms with Crippen LogP contribution in [0, 0.1) is 5.92 Å². The highest BCUT2D eigenvalue weighted by Gasteiger charge is 1.94. The molecule has 0 aliphatic heterocycles. The van der Waals surface area contributed by atoms with Gasteiger partial charge in [0.15, 0.2) is 0 Å². The Hall–Kier alpha value is -0.460. The smallest absolute Gasteiger partial charge is 0.0103 e. The second-order valence-electron chi connectivity index (χ2n) is 2.52. The van der Waals surface area contributed by atoms with E-state index in [2.05, 4.69) is 13.8 Å². The first-order valence-corrected chi connectivity index (χ1v) is 3.68. The van der Waals surface area contributed by atoms with Crippen LogP contribution in [0.15, 0.2) is 12.3 Å². The van der Waals surface area contributed by atoms with Crippen molar-refractivity contribution in [3.05, 3.63) is 12.3 Å². The topological polar surface area (TPSA) is 26.0 Å². The summed E-state index contributed by atoms with van der Waals surface area (Å²) in [5, 5.41) is 0. The van der Waals surface area contributed by atoms with E-state index in [1.165, 1.54) is 12.8 Å². The Morgan fingerprint density at radius 2 is 2.22 bits per heavy atom. The minimum atomic E-state index is 0.848. The molecule has 0 heterocycles. The highest BCUT2D eigenvalue weighted by Crippen LogP contribution is 2.08. The third kappa shape index (κ3) is 5.41. The largest absolute Gasteiger partial charge is 0.405 e. The highest BCUT2D eigenvalue weighted by molar-refractivity contribution is 4.75. The Morgan fingerprint density at radius 3 is 2.67 bits per heavy atom. The molecule has 0 radical (unpaired) electrons. The van der Waals surface area contributed by atoms with Gasteiger partial charge in [-0.3, -0.25) is 0 Å². The summed E-state index contributed by atoms with van der Waals surface area (Å²) in [7, 11) is 0. The average molecular weight is 127 g/mol. The van der Waals surface area contributed by atoms with E-state index in [1.54, 1.807) is 6.20 Å². The fourth-order valence-corrected chi connectivity index (χ4v) is 0.681. The monoisotopic (exact) mass is 127 g/mol.